The number of benzene rings is 1. The number of hydrogen-bond donors (Lipinski definition) is 2. The second kappa shape index (κ2) is 6.40. The highest BCUT2D eigenvalue weighted by molar-refractivity contribution is 7.99. The molecular formula is C13H15N3O2S. The fourth-order valence-corrected chi connectivity index (χ4v) is 2.54. The third kappa shape index (κ3) is 3.15. The Morgan fingerprint density at radius 1 is 1.47 bits per heavy atom. The number of oxime groups is 1. The molecular weight excluding hydrogens is 262 g/mol. The summed E-state index contributed by atoms with van der Waals surface area (Å²) in [5, 5.41) is 13.6. The van der Waals surface area contributed by atoms with Crippen LogP contribution >= 0.6 is 11.8 Å². The number of pyridine rings is 1. The molecule has 0 atom stereocenters. The molecule has 0 spiro atoms. The van der Waals surface area contributed by atoms with Gasteiger partial charge in [-0.2, -0.15) is 0 Å². The summed E-state index contributed by atoms with van der Waals surface area (Å²) in [6.07, 6.45) is 0. The minimum atomic E-state index is 0.0900. The van der Waals surface area contributed by atoms with Crippen LogP contribution in [0.4, 0.5) is 0 Å². The zero-order valence-electron chi connectivity index (χ0n) is 10.5. The number of fused-ring (bicyclic) bond motifs is 1. The fourth-order valence-electron chi connectivity index (χ4n) is 1.72. The molecule has 0 bridgehead atoms. The van der Waals surface area contributed by atoms with Gasteiger partial charge in [0.2, 0.25) is 0 Å². The van der Waals surface area contributed by atoms with Crippen LogP contribution in [-0.2, 0) is 4.74 Å². The van der Waals surface area contributed by atoms with Crippen LogP contribution in [0, 0.1) is 0 Å². The van der Waals surface area contributed by atoms with Crippen molar-refractivity contribution >= 4 is 28.5 Å². The highest BCUT2D eigenvalue weighted by atomic mass is 32.2. The minimum Gasteiger partial charge on any atom is -0.409 e. The Morgan fingerprint density at radius 2 is 2.26 bits per heavy atom. The third-order valence-corrected chi connectivity index (χ3v) is 3.49. The van der Waals surface area contributed by atoms with E-state index in [1.807, 2.05) is 30.3 Å². The lowest BCUT2D eigenvalue weighted by molar-refractivity contribution is 0.218. The summed E-state index contributed by atoms with van der Waals surface area (Å²) >= 11 is 1.57. The van der Waals surface area contributed by atoms with E-state index in [1.165, 1.54) is 0 Å². The van der Waals surface area contributed by atoms with Gasteiger partial charge in [0.05, 0.1) is 17.1 Å². The van der Waals surface area contributed by atoms with Gasteiger partial charge in [-0.1, -0.05) is 23.4 Å². The molecule has 3 N–H and O–H groups in total. The molecule has 0 aliphatic carbocycles. The number of para-hydroxylation sites is 1. The molecule has 0 saturated carbocycles. The Morgan fingerprint density at radius 3 is 3.00 bits per heavy atom. The molecule has 0 radical (unpaired) electrons. The topological polar surface area (TPSA) is 80.7 Å². The van der Waals surface area contributed by atoms with E-state index in [0.29, 0.717) is 12.2 Å². The van der Waals surface area contributed by atoms with Gasteiger partial charge in [-0.3, -0.25) is 0 Å². The van der Waals surface area contributed by atoms with E-state index < -0.39 is 0 Å². The van der Waals surface area contributed by atoms with Gasteiger partial charge in [0, 0.05) is 23.8 Å². The summed E-state index contributed by atoms with van der Waals surface area (Å²) in [6, 6.07) is 9.45. The number of ether oxygens (including phenoxy) is 1. The van der Waals surface area contributed by atoms with E-state index in [1.54, 1.807) is 18.9 Å². The molecule has 2 aromatic rings. The first-order valence-electron chi connectivity index (χ1n) is 5.75. The Balaban J connectivity index is 2.44. The van der Waals surface area contributed by atoms with E-state index in [4.69, 9.17) is 15.7 Å². The summed E-state index contributed by atoms with van der Waals surface area (Å²) in [6.45, 7) is 0.651. The van der Waals surface area contributed by atoms with Crippen molar-refractivity contribution in [1.29, 1.82) is 0 Å². The molecule has 2 rings (SSSR count). The molecule has 1 heterocycles. The van der Waals surface area contributed by atoms with Crippen LogP contribution in [0.3, 0.4) is 0 Å². The summed E-state index contributed by atoms with van der Waals surface area (Å²) in [5.74, 6) is 0.893. The van der Waals surface area contributed by atoms with E-state index in [2.05, 4.69) is 10.1 Å². The zero-order chi connectivity index (χ0) is 13.7. The van der Waals surface area contributed by atoms with Gasteiger partial charge in [0.1, 0.15) is 0 Å². The number of thioether (sulfide) groups is 1. The van der Waals surface area contributed by atoms with E-state index in [-0.39, 0.29) is 5.84 Å². The lowest BCUT2D eigenvalue weighted by Gasteiger charge is -2.08. The Hall–Kier alpha value is -1.79. The predicted molar refractivity (Wildman–Crippen MR) is 76.9 cm³/mol. The summed E-state index contributed by atoms with van der Waals surface area (Å²) in [7, 11) is 1.66. The molecule has 0 saturated heterocycles. The fraction of sp³-hybridized carbons (Fsp3) is 0.231. The molecule has 100 valence electrons. The average Bonchev–Trinajstić information content (AvgIpc) is 2.46. The minimum absolute atomic E-state index is 0.0900. The quantitative estimate of drug-likeness (QED) is 0.218. The molecule has 19 heavy (non-hydrogen) atoms. The standard InChI is InChI=1S/C13H15N3O2S/c1-18-6-7-19-12-8-10(13(14)16-17)9-4-2-3-5-11(9)15-12/h2-5,8,17H,6-7H2,1H3,(H2,14,16). The van der Waals surface area contributed by atoms with Crippen LogP contribution in [0.5, 0.6) is 0 Å². The van der Waals surface area contributed by atoms with E-state index >= 15 is 0 Å². The normalized spacial score (nSPS) is 11.9. The van der Waals surface area contributed by atoms with Crippen LogP contribution in [0.2, 0.25) is 0 Å². The molecule has 1 aromatic carbocycles. The molecule has 0 fully saturated rings. The number of methoxy groups -OCH3 is 1. The number of rotatable bonds is 5. The average molecular weight is 277 g/mol. The van der Waals surface area contributed by atoms with Gasteiger partial charge < -0.3 is 15.7 Å². The van der Waals surface area contributed by atoms with Crippen LogP contribution in [-0.4, -0.2) is 35.5 Å². The van der Waals surface area contributed by atoms with Crippen molar-refractivity contribution in [3.8, 4) is 0 Å². The first kappa shape index (κ1) is 13.6. The smallest absolute Gasteiger partial charge is 0.170 e. The summed E-state index contributed by atoms with van der Waals surface area (Å²) in [4.78, 5) is 4.54. The highest BCUT2D eigenvalue weighted by Gasteiger charge is 2.09. The molecule has 0 unspecified atom stereocenters. The number of nitrogens with zero attached hydrogens (tertiary/aromatic N) is 2. The van der Waals surface area contributed by atoms with Crippen LogP contribution in [0.25, 0.3) is 10.9 Å². The van der Waals surface area contributed by atoms with Crippen LogP contribution in [0.1, 0.15) is 5.56 Å². The van der Waals surface area contributed by atoms with Crippen molar-refractivity contribution in [2.75, 3.05) is 19.5 Å². The first-order chi connectivity index (χ1) is 9.26. The number of amidine groups is 1. The molecule has 5 nitrogen and oxygen atoms in total. The molecule has 0 amide bonds. The molecule has 6 heteroatoms. The van der Waals surface area contributed by atoms with E-state index in [0.717, 1.165) is 21.7 Å². The van der Waals surface area contributed by atoms with Gasteiger partial charge >= 0.3 is 0 Å². The second-order valence-corrected chi connectivity index (χ2v) is 4.97. The van der Waals surface area contributed by atoms with Gasteiger partial charge in [0.25, 0.3) is 0 Å². The maximum Gasteiger partial charge on any atom is 0.170 e. The van der Waals surface area contributed by atoms with Crippen LogP contribution < -0.4 is 5.73 Å². The molecule has 0 aliphatic rings. The number of nitrogens with two attached hydrogens (primary N) is 1. The molecule has 1 aromatic heterocycles. The maximum atomic E-state index is 8.87. The van der Waals surface area contributed by atoms with Crippen molar-refractivity contribution in [2.24, 2.45) is 10.9 Å². The number of aromatic nitrogens is 1. The highest BCUT2D eigenvalue weighted by Crippen LogP contribution is 2.23. The lowest BCUT2D eigenvalue weighted by atomic mass is 10.1. The Bertz CT molecular complexity index is 601. The summed E-state index contributed by atoms with van der Waals surface area (Å²) < 4.78 is 5.01. The second-order valence-electron chi connectivity index (χ2n) is 3.85. The summed E-state index contributed by atoms with van der Waals surface area (Å²) in [5.41, 5.74) is 7.24. The van der Waals surface area contributed by atoms with Crippen molar-refractivity contribution in [2.45, 2.75) is 5.03 Å². The monoisotopic (exact) mass is 277 g/mol. The lowest BCUT2D eigenvalue weighted by Crippen LogP contribution is -2.14. The van der Waals surface area contributed by atoms with Gasteiger partial charge in [-0.15, -0.1) is 11.8 Å². The van der Waals surface area contributed by atoms with Crippen molar-refractivity contribution < 1.29 is 9.94 Å². The van der Waals surface area contributed by atoms with Crippen LogP contribution in [0.15, 0.2) is 40.5 Å². The predicted octanol–water partition coefficient (Wildman–Crippen LogP) is 2.07. The van der Waals surface area contributed by atoms with Crippen molar-refractivity contribution in [3.05, 3.63) is 35.9 Å². The van der Waals surface area contributed by atoms with Gasteiger partial charge in [-0.05, 0) is 12.1 Å². The SMILES string of the molecule is COCCSc1cc(C(N)=NO)c2ccccc2n1. The number of hydrogen-bond acceptors (Lipinski definition) is 5. The maximum absolute atomic E-state index is 8.87. The zero-order valence-corrected chi connectivity index (χ0v) is 11.4. The van der Waals surface area contributed by atoms with Crippen molar-refractivity contribution in [1.82, 2.24) is 4.98 Å². The Labute approximate surface area is 115 Å². The van der Waals surface area contributed by atoms with Crippen molar-refractivity contribution in [3.63, 3.8) is 0 Å². The molecule has 0 aliphatic heterocycles. The van der Waals surface area contributed by atoms with E-state index in [9.17, 15) is 0 Å². The van der Waals surface area contributed by atoms with Gasteiger partial charge in [-0.25, -0.2) is 4.98 Å². The Kier molecular flexibility index (Phi) is 4.59. The third-order valence-electron chi connectivity index (χ3n) is 2.61. The first-order valence-corrected chi connectivity index (χ1v) is 6.74. The largest absolute Gasteiger partial charge is 0.409 e. The van der Waals surface area contributed by atoms with Gasteiger partial charge in [0.15, 0.2) is 5.84 Å².